The molecular formula is C12H17Br. The molecule has 0 aliphatic carbocycles. The van der Waals surface area contributed by atoms with E-state index in [1.807, 2.05) is 0 Å². The topological polar surface area (TPSA) is 0 Å². The van der Waals surface area contributed by atoms with Crippen LogP contribution in [0.5, 0.6) is 0 Å². The zero-order chi connectivity index (χ0) is 9.68. The average molecular weight is 241 g/mol. The summed E-state index contributed by atoms with van der Waals surface area (Å²) in [6.45, 7) is 4.40. The summed E-state index contributed by atoms with van der Waals surface area (Å²) in [4.78, 5) is 0.625. The molecule has 1 heteroatoms. The SMILES string of the molecule is CCc1ccc(CC(Br)CC)cc1. The van der Waals surface area contributed by atoms with Crippen molar-refractivity contribution in [3.63, 3.8) is 0 Å². The van der Waals surface area contributed by atoms with Crippen LogP contribution in [0.3, 0.4) is 0 Å². The number of alkyl halides is 1. The fourth-order valence-electron chi connectivity index (χ4n) is 1.31. The Morgan fingerprint density at radius 1 is 1.08 bits per heavy atom. The van der Waals surface area contributed by atoms with Gasteiger partial charge in [0.1, 0.15) is 0 Å². The number of aryl methyl sites for hydroxylation is 1. The summed E-state index contributed by atoms with van der Waals surface area (Å²) < 4.78 is 0. The highest BCUT2D eigenvalue weighted by Gasteiger charge is 2.01. The maximum atomic E-state index is 3.65. The lowest BCUT2D eigenvalue weighted by Gasteiger charge is -2.06. The molecule has 1 atom stereocenters. The first-order chi connectivity index (χ1) is 6.26. The molecule has 1 unspecified atom stereocenters. The molecule has 0 saturated heterocycles. The molecule has 0 bridgehead atoms. The molecule has 0 aliphatic rings. The van der Waals surface area contributed by atoms with Crippen LogP contribution >= 0.6 is 15.9 Å². The Bertz CT molecular complexity index is 238. The highest BCUT2D eigenvalue weighted by atomic mass is 79.9. The molecule has 1 aromatic carbocycles. The van der Waals surface area contributed by atoms with Crippen molar-refractivity contribution in [3.05, 3.63) is 35.4 Å². The van der Waals surface area contributed by atoms with Crippen LogP contribution in [0.2, 0.25) is 0 Å². The smallest absolute Gasteiger partial charge is 0.0183 e. The van der Waals surface area contributed by atoms with Crippen LogP contribution in [0.25, 0.3) is 0 Å². The largest absolute Gasteiger partial charge is 0.0887 e. The van der Waals surface area contributed by atoms with Crippen LogP contribution in [0.15, 0.2) is 24.3 Å². The Kier molecular flexibility index (Phi) is 4.51. The van der Waals surface area contributed by atoms with Gasteiger partial charge in [0.2, 0.25) is 0 Å². The fraction of sp³-hybridized carbons (Fsp3) is 0.500. The van der Waals surface area contributed by atoms with Crippen LogP contribution in [0, 0.1) is 0 Å². The van der Waals surface area contributed by atoms with E-state index in [0.717, 1.165) is 12.8 Å². The standard InChI is InChI=1S/C12H17Br/c1-3-10-5-7-11(8-6-10)9-12(13)4-2/h5-8,12H,3-4,9H2,1-2H3. The quantitative estimate of drug-likeness (QED) is 0.700. The van der Waals surface area contributed by atoms with Gasteiger partial charge in [0.25, 0.3) is 0 Å². The van der Waals surface area contributed by atoms with E-state index >= 15 is 0 Å². The molecule has 0 saturated carbocycles. The predicted molar refractivity (Wildman–Crippen MR) is 62.5 cm³/mol. The number of halogens is 1. The van der Waals surface area contributed by atoms with E-state index in [2.05, 4.69) is 54.0 Å². The van der Waals surface area contributed by atoms with Gasteiger partial charge < -0.3 is 0 Å². The summed E-state index contributed by atoms with van der Waals surface area (Å²) in [5, 5.41) is 0. The molecule has 0 N–H and O–H groups in total. The minimum atomic E-state index is 0.625. The van der Waals surface area contributed by atoms with Crippen LogP contribution in [0.4, 0.5) is 0 Å². The van der Waals surface area contributed by atoms with Gasteiger partial charge in [0, 0.05) is 4.83 Å². The second-order valence-corrected chi connectivity index (χ2v) is 4.67. The molecule has 0 heterocycles. The molecule has 1 rings (SSSR count). The van der Waals surface area contributed by atoms with Gasteiger partial charge in [-0.15, -0.1) is 0 Å². The molecule has 13 heavy (non-hydrogen) atoms. The van der Waals surface area contributed by atoms with E-state index in [4.69, 9.17) is 0 Å². The molecule has 1 aromatic rings. The zero-order valence-electron chi connectivity index (χ0n) is 8.39. The van der Waals surface area contributed by atoms with Gasteiger partial charge in [0.15, 0.2) is 0 Å². The fourth-order valence-corrected chi connectivity index (χ4v) is 1.68. The average Bonchev–Trinajstić information content (AvgIpc) is 2.19. The maximum absolute atomic E-state index is 3.65. The van der Waals surface area contributed by atoms with Gasteiger partial charge >= 0.3 is 0 Å². The van der Waals surface area contributed by atoms with Crippen LogP contribution in [0.1, 0.15) is 31.4 Å². The lowest BCUT2D eigenvalue weighted by Crippen LogP contribution is -2.00. The Morgan fingerprint density at radius 2 is 1.62 bits per heavy atom. The zero-order valence-corrected chi connectivity index (χ0v) is 9.97. The van der Waals surface area contributed by atoms with E-state index < -0.39 is 0 Å². The third-order valence-corrected chi connectivity index (χ3v) is 3.30. The molecule has 0 fully saturated rings. The van der Waals surface area contributed by atoms with E-state index in [-0.39, 0.29) is 0 Å². The van der Waals surface area contributed by atoms with E-state index in [0.29, 0.717) is 4.83 Å². The van der Waals surface area contributed by atoms with Gasteiger partial charge in [-0.2, -0.15) is 0 Å². The van der Waals surface area contributed by atoms with Crippen molar-refractivity contribution in [3.8, 4) is 0 Å². The molecule has 0 nitrogen and oxygen atoms in total. The molecular weight excluding hydrogens is 224 g/mol. The number of benzene rings is 1. The van der Waals surface area contributed by atoms with Crippen molar-refractivity contribution >= 4 is 15.9 Å². The third kappa shape index (κ3) is 3.51. The number of rotatable bonds is 4. The maximum Gasteiger partial charge on any atom is 0.0183 e. The van der Waals surface area contributed by atoms with Gasteiger partial charge in [-0.05, 0) is 30.4 Å². The first-order valence-corrected chi connectivity index (χ1v) is 5.89. The van der Waals surface area contributed by atoms with Crippen LogP contribution in [-0.2, 0) is 12.8 Å². The minimum Gasteiger partial charge on any atom is -0.0887 e. The van der Waals surface area contributed by atoms with Crippen molar-refractivity contribution in [1.29, 1.82) is 0 Å². The lowest BCUT2D eigenvalue weighted by molar-refractivity contribution is 0.829. The van der Waals surface area contributed by atoms with Crippen LogP contribution in [-0.4, -0.2) is 4.83 Å². The second kappa shape index (κ2) is 5.43. The number of hydrogen-bond donors (Lipinski definition) is 0. The molecule has 0 radical (unpaired) electrons. The third-order valence-electron chi connectivity index (χ3n) is 2.33. The number of hydrogen-bond acceptors (Lipinski definition) is 0. The van der Waals surface area contributed by atoms with Crippen LogP contribution < -0.4 is 0 Å². The summed E-state index contributed by atoms with van der Waals surface area (Å²) in [7, 11) is 0. The highest BCUT2D eigenvalue weighted by molar-refractivity contribution is 9.09. The molecule has 72 valence electrons. The summed E-state index contributed by atoms with van der Waals surface area (Å²) >= 11 is 3.65. The van der Waals surface area contributed by atoms with Crippen molar-refractivity contribution in [1.82, 2.24) is 0 Å². The molecule has 0 spiro atoms. The summed E-state index contributed by atoms with van der Waals surface area (Å²) in [6.07, 6.45) is 3.46. The summed E-state index contributed by atoms with van der Waals surface area (Å²) in [5.74, 6) is 0. The van der Waals surface area contributed by atoms with E-state index in [1.54, 1.807) is 0 Å². The first kappa shape index (κ1) is 10.8. The van der Waals surface area contributed by atoms with Gasteiger partial charge in [-0.3, -0.25) is 0 Å². The van der Waals surface area contributed by atoms with Crippen molar-refractivity contribution in [2.45, 2.75) is 37.9 Å². The van der Waals surface area contributed by atoms with Gasteiger partial charge in [-0.1, -0.05) is 54.0 Å². The predicted octanol–water partition coefficient (Wildman–Crippen LogP) is 3.97. The van der Waals surface area contributed by atoms with Crippen molar-refractivity contribution < 1.29 is 0 Å². The summed E-state index contributed by atoms with van der Waals surface area (Å²) in [5.41, 5.74) is 2.85. The Labute approximate surface area is 89.5 Å². The van der Waals surface area contributed by atoms with Crippen molar-refractivity contribution in [2.75, 3.05) is 0 Å². The first-order valence-electron chi connectivity index (χ1n) is 4.98. The highest BCUT2D eigenvalue weighted by Crippen LogP contribution is 2.13. The molecule has 0 aliphatic heterocycles. The van der Waals surface area contributed by atoms with Gasteiger partial charge in [-0.25, -0.2) is 0 Å². The Balaban J connectivity index is 2.58. The summed E-state index contributed by atoms with van der Waals surface area (Å²) in [6, 6.07) is 8.93. The monoisotopic (exact) mass is 240 g/mol. The van der Waals surface area contributed by atoms with E-state index in [1.165, 1.54) is 17.5 Å². The molecule has 0 amide bonds. The minimum absolute atomic E-state index is 0.625. The normalized spacial score (nSPS) is 12.8. The second-order valence-electron chi connectivity index (χ2n) is 3.38. The van der Waals surface area contributed by atoms with Crippen molar-refractivity contribution in [2.24, 2.45) is 0 Å². The molecule has 0 aromatic heterocycles. The Morgan fingerprint density at radius 3 is 2.08 bits per heavy atom. The van der Waals surface area contributed by atoms with E-state index in [9.17, 15) is 0 Å². The van der Waals surface area contributed by atoms with Gasteiger partial charge in [0.05, 0.1) is 0 Å². The Hall–Kier alpha value is -0.300. The lowest BCUT2D eigenvalue weighted by atomic mass is 10.1.